The summed E-state index contributed by atoms with van der Waals surface area (Å²) >= 11 is 0. The molecule has 6 nitrogen and oxygen atoms in total. The highest BCUT2D eigenvalue weighted by Gasteiger charge is 2.11. The number of ether oxygens (including phenoxy) is 3. The molecule has 3 rings (SSSR count). The molecule has 0 bridgehead atoms. The van der Waals surface area contributed by atoms with Gasteiger partial charge in [-0.1, -0.05) is 0 Å². The number of aromatic nitrogens is 2. The van der Waals surface area contributed by atoms with Crippen LogP contribution in [0, 0.1) is 6.92 Å². The van der Waals surface area contributed by atoms with Gasteiger partial charge in [-0.15, -0.1) is 0 Å². The molecule has 1 aliphatic heterocycles. The Morgan fingerprint density at radius 1 is 1.12 bits per heavy atom. The number of hydrogen-bond acceptors (Lipinski definition) is 6. The van der Waals surface area contributed by atoms with Crippen molar-refractivity contribution in [2.75, 3.05) is 46.6 Å². The quantitative estimate of drug-likeness (QED) is 0.809. The molecule has 0 radical (unpaired) electrons. The van der Waals surface area contributed by atoms with Gasteiger partial charge in [0.15, 0.2) is 5.82 Å². The molecule has 0 atom stereocenters. The molecule has 0 saturated carbocycles. The van der Waals surface area contributed by atoms with Gasteiger partial charge < -0.3 is 14.2 Å². The predicted octanol–water partition coefficient (Wildman–Crippen LogP) is 2.17. The Labute approximate surface area is 142 Å². The van der Waals surface area contributed by atoms with E-state index in [2.05, 4.69) is 14.9 Å². The molecule has 1 aromatic heterocycles. The summed E-state index contributed by atoms with van der Waals surface area (Å²) in [5.74, 6) is 2.09. The van der Waals surface area contributed by atoms with Crippen LogP contribution >= 0.6 is 0 Å². The molecule has 0 spiro atoms. The summed E-state index contributed by atoms with van der Waals surface area (Å²) in [4.78, 5) is 11.4. The number of benzene rings is 1. The molecule has 0 N–H and O–H groups in total. The van der Waals surface area contributed by atoms with E-state index in [0.29, 0.717) is 18.3 Å². The normalized spacial score (nSPS) is 15.2. The van der Waals surface area contributed by atoms with Crippen LogP contribution in [-0.4, -0.2) is 61.4 Å². The second-order valence-electron chi connectivity index (χ2n) is 5.70. The average molecular weight is 329 g/mol. The third-order valence-electron chi connectivity index (χ3n) is 3.94. The zero-order valence-corrected chi connectivity index (χ0v) is 14.2. The van der Waals surface area contributed by atoms with Gasteiger partial charge in [0.2, 0.25) is 5.88 Å². The van der Waals surface area contributed by atoms with E-state index in [1.807, 2.05) is 37.3 Å². The first-order chi connectivity index (χ1) is 11.7. The lowest BCUT2D eigenvalue weighted by Gasteiger charge is -2.26. The van der Waals surface area contributed by atoms with E-state index in [1.54, 1.807) is 7.11 Å². The summed E-state index contributed by atoms with van der Waals surface area (Å²) in [6, 6.07) is 9.57. The van der Waals surface area contributed by atoms with Crippen LogP contribution in [0.5, 0.6) is 11.6 Å². The Kier molecular flexibility index (Phi) is 5.61. The standard InChI is InChI=1S/C18H23N3O3/c1-14-13-17(24-12-9-21-7-10-23-11-8-21)20-18(19-14)15-3-5-16(22-2)6-4-15/h3-6,13H,7-12H2,1-2H3. The summed E-state index contributed by atoms with van der Waals surface area (Å²) in [6.07, 6.45) is 0. The molecular weight excluding hydrogens is 306 g/mol. The maximum absolute atomic E-state index is 5.84. The molecule has 1 aromatic carbocycles. The molecule has 2 aromatic rings. The Bertz CT molecular complexity index is 655. The first-order valence-electron chi connectivity index (χ1n) is 8.17. The van der Waals surface area contributed by atoms with Gasteiger partial charge in [0.1, 0.15) is 12.4 Å². The smallest absolute Gasteiger partial charge is 0.217 e. The van der Waals surface area contributed by atoms with Crippen molar-refractivity contribution in [2.45, 2.75) is 6.92 Å². The first-order valence-corrected chi connectivity index (χ1v) is 8.17. The van der Waals surface area contributed by atoms with Crippen molar-refractivity contribution >= 4 is 0 Å². The van der Waals surface area contributed by atoms with Crippen LogP contribution in [-0.2, 0) is 4.74 Å². The second-order valence-corrected chi connectivity index (χ2v) is 5.70. The zero-order chi connectivity index (χ0) is 16.8. The predicted molar refractivity (Wildman–Crippen MR) is 91.5 cm³/mol. The summed E-state index contributed by atoms with van der Waals surface area (Å²) in [7, 11) is 1.65. The number of morpholine rings is 1. The van der Waals surface area contributed by atoms with Crippen LogP contribution in [0.2, 0.25) is 0 Å². The van der Waals surface area contributed by atoms with Crippen LogP contribution in [0.3, 0.4) is 0 Å². The van der Waals surface area contributed by atoms with Crippen molar-refractivity contribution in [1.29, 1.82) is 0 Å². The molecule has 0 unspecified atom stereocenters. The van der Waals surface area contributed by atoms with Gasteiger partial charge in [0.05, 0.1) is 20.3 Å². The van der Waals surface area contributed by atoms with Crippen molar-refractivity contribution in [2.24, 2.45) is 0 Å². The summed E-state index contributed by atoms with van der Waals surface area (Å²) in [6.45, 7) is 6.96. The molecule has 0 amide bonds. The van der Waals surface area contributed by atoms with Crippen molar-refractivity contribution in [1.82, 2.24) is 14.9 Å². The molecule has 1 saturated heterocycles. The Morgan fingerprint density at radius 3 is 2.58 bits per heavy atom. The number of hydrogen-bond donors (Lipinski definition) is 0. The highest BCUT2D eigenvalue weighted by atomic mass is 16.5. The maximum atomic E-state index is 5.84. The van der Waals surface area contributed by atoms with E-state index in [9.17, 15) is 0 Å². The number of rotatable bonds is 6. The SMILES string of the molecule is COc1ccc(-c2nc(C)cc(OCCN3CCOCC3)n2)cc1. The fraction of sp³-hybridized carbons (Fsp3) is 0.444. The van der Waals surface area contributed by atoms with Gasteiger partial charge in [0.25, 0.3) is 0 Å². The molecule has 6 heteroatoms. The van der Waals surface area contributed by atoms with E-state index in [1.165, 1.54) is 0 Å². The van der Waals surface area contributed by atoms with Gasteiger partial charge >= 0.3 is 0 Å². The Balaban J connectivity index is 1.64. The lowest BCUT2D eigenvalue weighted by Crippen LogP contribution is -2.38. The highest BCUT2D eigenvalue weighted by molar-refractivity contribution is 5.56. The van der Waals surface area contributed by atoms with Gasteiger partial charge in [-0.3, -0.25) is 4.90 Å². The molecule has 0 aliphatic carbocycles. The van der Waals surface area contributed by atoms with Crippen LogP contribution in [0.4, 0.5) is 0 Å². The lowest BCUT2D eigenvalue weighted by atomic mass is 10.2. The maximum Gasteiger partial charge on any atom is 0.217 e. The Hall–Kier alpha value is -2.18. The largest absolute Gasteiger partial charge is 0.497 e. The van der Waals surface area contributed by atoms with Crippen molar-refractivity contribution < 1.29 is 14.2 Å². The minimum atomic E-state index is 0.610. The lowest BCUT2D eigenvalue weighted by molar-refractivity contribution is 0.0320. The zero-order valence-electron chi connectivity index (χ0n) is 14.2. The molecule has 2 heterocycles. The van der Waals surface area contributed by atoms with Gasteiger partial charge in [-0.2, -0.15) is 4.98 Å². The summed E-state index contributed by atoms with van der Waals surface area (Å²) in [5, 5.41) is 0. The molecule has 1 aliphatic rings. The van der Waals surface area contributed by atoms with Crippen LogP contribution in [0.25, 0.3) is 11.4 Å². The molecule has 24 heavy (non-hydrogen) atoms. The molecule has 1 fully saturated rings. The van der Waals surface area contributed by atoms with Crippen molar-refractivity contribution in [3.05, 3.63) is 36.0 Å². The summed E-state index contributed by atoms with van der Waals surface area (Å²) < 4.78 is 16.4. The first kappa shape index (κ1) is 16.7. The molecular formula is C18H23N3O3. The fourth-order valence-electron chi connectivity index (χ4n) is 2.59. The van der Waals surface area contributed by atoms with Gasteiger partial charge in [0, 0.05) is 37.0 Å². The van der Waals surface area contributed by atoms with E-state index >= 15 is 0 Å². The third-order valence-corrected chi connectivity index (χ3v) is 3.94. The van der Waals surface area contributed by atoms with Crippen molar-refractivity contribution in [3.8, 4) is 23.0 Å². The van der Waals surface area contributed by atoms with Crippen LogP contribution in [0.15, 0.2) is 30.3 Å². The van der Waals surface area contributed by atoms with E-state index in [0.717, 1.165) is 49.9 Å². The van der Waals surface area contributed by atoms with E-state index < -0.39 is 0 Å². The number of aryl methyl sites for hydroxylation is 1. The summed E-state index contributed by atoms with van der Waals surface area (Å²) in [5.41, 5.74) is 1.83. The van der Waals surface area contributed by atoms with E-state index in [4.69, 9.17) is 14.2 Å². The molecule has 128 valence electrons. The van der Waals surface area contributed by atoms with Crippen LogP contribution < -0.4 is 9.47 Å². The van der Waals surface area contributed by atoms with Crippen molar-refractivity contribution in [3.63, 3.8) is 0 Å². The van der Waals surface area contributed by atoms with E-state index in [-0.39, 0.29) is 0 Å². The minimum absolute atomic E-state index is 0.610. The minimum Gasteiger partial charge on any atom is -0.497 e. The van der Waals surface area contributed by atoms with Gasteiger partial charge in [-0.05, 0) is 31.2 Å². The highest BCUT2D eigenvalue weighted by Crippen LogP contribution is 2.21. The topological polar surface area (TPSA) is 56.7 Å². The number of methoxy groups -OCH3 is 1. The average Bonchev–Trinajstić information content (AvgIpc) is 2.62. The third kappa shape index (κ3) is 4.43. The number of nitrogens with zero attached hydrogens (tertiary/aromatic N) is 3. The monoisotopic (exact) mass is 329 g/mol. The fourth-order valence-corrected chi connectivity index (χ4v) is 2.59. The van der Waals surface area contributed by atoms with Crippen LogP contribution in [0.1, 0.15) is 5.69 Å². The second kappa shape index (κ2) is 8.08. The van der Waals surface area contributed by atoms with Gasteiger partial charge in [-0.25, -0.2) is 4.98 Å². The Morgan fingerprint density at radius 2 is 1.88 bits per heavy atom.